The molecule has 0 unspecified atom stereocenters. The Kier molecular flexibility index (Phi) is 5.89. The molecular formula is C22H21ClN4O4S. The van der Waals surface area contributed by atoms with Crippen LogP contribution in [0.25, 0.3) is 16.7 Å². The molecule has 0 saturated carbocycles. The highest BCUT2D eigenvalue weighted by molar-refractivity contribution is 7.91. The molecule has 0 fully saturated rings. The fraction of sp³-hybridized carbons (Fsp3) is 0.227. The lowest BCUT2D eigenvalue weighted by molar-refractivity contribution is 0.190. The van der Waals surface area contributed by atoms with Crippen LogP contribution in [-0.4, -0.2) is 36.1 Å². The molecule has 4 rings (SSSR count). The lowest BCUT2D eigenvalue weighted by atomic mass is 10.2. The Bertz CT molecular complexity index is 1560. The molecule has 166 valence electrons. The summed E-state index contributed by atoms with van der Waals surface area (Å²) in [6.45, 7) is 2.53. The molecule has 32 heavy (non-hydrogen) atoms. The zero-order chi connectivity index (χ0) is 23.0. The summed E-state index contributed by atoms with van der Waals surface area (Å²) in [4.78, 5) is 17.6. The number of methoxy groups -OCH3 is 1. The van der Waals surface area contributed by atoms with Crippen LogP contribution in [0.15, 0.2) is 63.2 Å². The van der Waals surface area contributed by atoms with Gasteiger partial charge in [0, 0.05) is 31.5 Å². The third-order valence-electron chi connectivity index (χ3n) is 5.16. The van der Waals surface area contributed by atoms with E-state index in [4.69, 9.17) is 21.7 Å². The van der Waals surface area contributed by atoms with Crippen molar-refractivity contribution in [3.63, 3.8) is 0 Å². The molecular weight excluding hydrogens is 452 g/mol. The molecule has 0 atom stereocenters. The van der Waals surface area contributed by atoms with E-state index in [0.717, 1.165) is 5.56 Å². The predicted octanol–water partition coefficient (Wildman–Crippen LogP) is 2.96. The van der Waals surface area contributed by atoms with Gasteiger partial charge in [0.1, 0.15) is 21.7 Å². The van der Waals surface area contributed by atoms with E-state index in [1.54, 1.807) is 19.4 Å². The smallest absolute Gasteiger partial charge is 0.267 e. The first kappa shape index (κ1) is 22.2. The molecule has 0 bridgehead atoms. The fourth-order valence-electron chi connectivity index (χ4n) is 3.55. The van der Waals surface area contributed by atoms with Crippen LogP contribution in [0.2, 0.25) is 5.02 Å². The minimum Gasteiger partial charge on any atom is -0.385 e. The Balaban J connectivity index is 2.07. The van der Waals surface area contributed by atoms with Gasteiger partial charge >= 0.3 is 0 Å². The van der Waals surface area contributed by atoms with Crippen molar-refractivity contribution in [1.29, 1.82) is 5.41 Å². The summed E-state index contributed by atoms with van der Waals surface area (Å²) in [5, 5.41) is 9.21. The van der Waals surface area contributed by atoms with E-state index in [1.807, 2.05) is 13.0 Å². The van der Waals surface area contributed by atoms with Crippen LogP contribution >= 0.6 is 11.6 Å². The highest BCUT2D eigenvalue weighted by Gasteiger charge is 2.24. The van der Waals surface area contributed by atoms with Gasteiger partial charge in [0.2, 0.25) is 9.84 Å². The molecule has 0 aliphatic rings. The molecule has 0 amide bonds. The zero-order valence-electron chi connectivity index (χ0n) is 17.5. The van der Waals surface area contributed by atoms with Crippen LogP contribution in [-0.2, 0) is 21.1 Å². The Labute approximate surface area is 189 Å². The van der Waals surface area contributed by atoms with Gasteiger partial charge in [-0.3, -0.25) is 14.6 Å². The number of rotatable bonds is 6. The Hall–Kier alpha value is -3.01. The third kappa shape index (κ3) is 3.83. The van der Waals surface area contributed by atoms with Gasteiger partial charge in [-0.1, -0.05) is 17.7 Å². The summed E-state index contributed by atoms with van der Waals surface area (Å²) in [5.74, 6) is 0. The fourth-order valence-corrected chi connectivity index (χ4v) is 5.06. The molecule has 0 aliphatic heterocycles. The zero-order valence-corrected chi connectivity index (χ0v) is 19.1. The summed E-state index contributed by atoms with van der Waals surface area (Å²) in [6.07, 6.45) is 2.17. The molecule has 10 heteroatoms. The molecule has 1 N–H and O–H groups in total. The molecule has 0 saturated heterocycles. The molecule has 0 aliphatic carbocycles. The Morgan fingerprint density at radius 2 is 1.88 bits per heavy atom. The van der Waals surface area contributed by atoms with Gasteiger partial charge in [0.05, 0.1) is 10.3 Å². The van der Waals surface area contributed by atoms with E-state index in [9.17, 15) is 13.2 Å². The van der Waals surface area contributed by atoms with Crippen LogP contribution in [0.1, 0.15) is 12.0 Å². The number of aryl methyl sites for hydroxylation is 2. The first-order chi connectivity index (χ1) is 15.2. The van der Waals surface area contributed by atoms with Crippen molar-refractivity contribution >= 4 is 38.1 Å². The number of ether oxygens (including phenoxy) is 1. The largest absolute Gasteiger partial charge is 0.385 e. The van der Waals surface area contributed by atoms with E-state index in [2.05, 4.69) is 4.98 Å². The average molecular weight is 473 g/mol. The molecule has 8 nitrogen and oxygen atoms in total. The highest BCUT2D eigenvalue weighted by Crippen LogP contribution is 2.22. The van der Waals surface area contributed by atoms with Crippen molar-refractivity contribution in [2.24, 2.45) is 0 Å². The number of hydrogen-bond donors (Lipinski definition) is 1. The molecule has 4 aromatic rings. The summed E-state index contributed by atoms with van der Waals surface area (Å²) in [6, 6.07) is 10.5. The van der Waals surface area contributed by atoms with Gasteiger partial charge < -0.3 is 9.30 Å². The van der Waals surface area contributed by atoms with Crippen molar-refractivity contribution in [2.45, 2.75) is 29.7 Å². The normalized spacial score (nSPS) is 12.0. The SMILES string of the molecule is COCCCn1c(=N)c(S(=O)(=O)c2ccc(Cl)cc2)cc2c(=O)n3cc(C)ccc3nc21. The van der Waals surface area contributed by atoms with Gasteiger partial charge in [-0.2, -0.15) is 0 Å². The highest BCUT2D eigenvalue weighted by atomic mass is 35.5. The summed E-state index contributed by atoms with van der Waals surface area (Å²) in [7, 11) is -2.52. The lowest BCUT2D eigenvalue weighted by Gasteiger charge is -2.15. The Morgan fingerprint density at radius 3 is 2.56 bits per heavy atom. The van der Waals surface area contributed by atoms with Crippen LogP contribution in [0.3, 0.4) is 0 Å². The lowest BCUT2D eigenvalue weighted by Crippen LogP contribution is -2.30. The van der Waals surface area contributed by atoms with E-state index in [-0.39, 0.29) is 32.9 Å². The maximum absolute atomic E-state index is 13.4. The van der Waals surface area contributed by atoms with Crippen LogP contribution in [0, 0.1) is 12.3 Å². The third-order valence-corrected chi connectivity index (χ3v) is 7.20. The molecule has 1 aromatic carbocycles. The second-order valence-corrected chi connectivity index (χ2v) is 9.76. The van der Waals surface area contributed by atoms with E-state index >= 15 is 0 Å². The van der Waals surface area contributed by atoms with E-state index in [0.29, 0.717) is 23.7 Å². The topological polar surface area (TPSA) is 107 Å². The van der Waals surface area contributed by atoms with Crippen molar-refractivity contribution in [3.05, 3.63) is 75.1 Å². The summed E-state index contributed by atoms with van der Waals surface area (Å²) >= 11 is 5.90. The minimum atomic E-state index is -4.08. The predicted molar refractivity (Wildman–Crippen MR) is 121 cm³/mol. The number of nitrogens with zero attached hydrogens (tertiary/aromatic N) is 3. The standard InChI is InChI=1S/C22H21ClN4O4S/c1-14-4-9-19-25-21-17(22(28)27(19)13-14)12-18(20(24)26(21)10-3-11-31-2)32(29,30)16-7-5-15(23)6-8-16/h4-9,12-13,24H,3,10-11H2,1-2H3. The van der Waals surface area contributed by atoms with Crippen LogP contribution in [0.4, 0.5) is 0 Å². The number of nitrogens with one attached hydrogen (secondary N) is 1. The van der Waals surface area contributed by atoms with Crippen molar-refractivity contribution in [3.8, 4) is 0 Å². The van der Waals surface area contributed by atoms with Gasteiger partial charge in [0.25, 0.3) is 5.56 Å². The van der Waals surface area contributed by atoms with E-state index < -0.39 is 15.4 Å². The summed E-state index contributed by atoms with van der Waals surface area (Å²) < 4.78 is 34.7. The second kappa shape index (κ2) is 8.50. The first-order valence-corrected chi connectivity index (χ1v) is 11.7. The number of aromatic nitrogens is 3. The van der Waals surface area contributed by atoms with E-state index in [1.165, 1.54) is 39.3 Å². The van der Waals surface area contributed by atoms with Crippen molar-refractivity contribution in [1.82, 2.24) is 14.0 Å². The first-order valence-electron chi connectivity index (χ1n) is 9.85. The van der Waals surface area contributed by atoms with Crippen LogP contribution in [0.5, 0.6) is 0 Å². The molecule has 0 radical (unpaired) electrons. The summed E-state index contributed by atoms with van der Waals surface area (Å²) in [5.41, 5.74) is 0.893. The van der Waals surface area contributed by atoms with Crippen molar-refractivity contribution < 1.29 is 13.2 Å². The van der Waals surface area contributed by atoms with Crippen LogP contribution < -0.4 is 11.0 Å². The maximum Gasteiger partial charge on any atom is 0.267 e. The quantitative estimate of drug-likeness (QED) is 0.343. The minimum absolute atomic E-state index is 0.0112. The number of fused-ring (bicyclic) bond motifs is 2. The van der Waals surface area contributed by atoms with Gasteiger partial charge in [-0.05, 0) is 55.3 Å². The average Bonchev–Trinajstić information content (AvgIpc) is 2.76. The molecule has 3 aromatic heterocycles. The maximum atomic E-state index is 13.4. The number of halogens is 1. The van der Waals surface area contributed by atoms with Gasteiger partial charge in [-0.15, -0.1) is 0 Å². The second-order valence-electron chi connectivity index (χ2n) is 7.40. The van der Waals surface area contributed by atoms with Gasteiger partial charge in [0.15, 0.2) is 0 Å². The molecule has 3 heterocycles. The number of pyridine rings is 2. The van der Waals surface area contributed by atoms with Crippen molar-refractivity contribution in [2.75, 3.05) is 13.7 Å². The molecule has 0 spiro atoms. The number of sulfone groups is 1. The number of benzene rings is 1. The Morgan fingerprint density at radius 1 is 1.16 bits per heavy atom. The van der Waals surface area contributed by atoms with Gasteiger partial charge in [-0.25, -0.2) is 13.4 Å². The monoisotopic (exact) mass is 472 g/mol. The number of hydrogen-bond acceptors (Lipinski definition) is 6.